The zero-order valence-electron chi connectivity index (χ0n) is 18.0. The van der Waals surface area contributed by atoms with Gasteiger partial charge in [-0.05, 0) is 33.6 Å². The second-order valence-corrected chi connectivity index (χ2v) is 8.12. The fraction of sp³-hybridized carbons (Fsp3) is 0.571. The van der Waals surface area contributed by atoms with Gasteiger partial charge < -0.3 is 14.7 Å². The van der Waals surface area contributed by atoms with Crippen molar-refractivity contribution in [2.75, 3.05) is 49.1 Å². The smallest absolute Gasteiger partial charge is 0.256 e. The molecule has 2 aliphatic rings. The molecule has 9 heteroatoms. The number of amides is 1. The first-order chi connectivity index (χ1) is 14.4. The van der Waals surface area contributed by atoms with E-state index in [1.165, 1.54) is 23.7 Å². The minimum Gasteiger partial charge on any atom is -0.353 e. The summed E-state index contributed by atoms with van der Waals surface area (Å²) in [5, 5.41) is 0. The van der Waals surface area contributed by atoms with E-state index in [0.29, 0.717) is 37.4 Å². The standard InChI is InChI=1S/C21H29N7O2/c1-15-12-18(24-21(23-15)27-6-4-5-7-27)25-8-10-26(11-9-25)19(29)13-28-14-22-17(3)16(2)20(28)30/h12,14H,4-11,13H2,1-3H3. The van der Waals surface area contributed by atoms with E-state index < -0.39 is 0 Å². The van der Waals surface area contributed by atoms with Gasteiger partial charge in [-0.15, -0.1) is 0 Å². The van der Waals surface area contributed by atoms with Crippen molar-refractivity contribution in [3.63, 3.8) is 0 Å². The molecule has 2 fully saturated rings. The number of carbonyl (C=O) groups is 1. The maximum absolute atomic E-state index is 12.7. The van der Waals surface area contributed by atoms with Crippen LogP contribution in [0.2, 0.25) is 0 Å². The predicted octanol–water partition coefficient (Wildman–Crippen LogP) is 0.908. The quantitative estimate of drug-likeness (QED) is 0.739. The van der Waals surface area contributed by atoms with Gasteiger partial charge in [-0.3, -0.25) is 14.2 Å². The zero-order valence-corrected chi connectivity index (χ0v) is 18.0. The highest BCUT2D eigenvalue weighted by molar-refractivity contribution is 5.76. The van der Waals surface area contributed by atoms with E-state index in [2.05, 4.69) is 19.8 Å². The number of rotatable bonds is 4. The number of piperazine rings is 1. The van der Waals surface area contributed by atoms with Crippen LogP contribution in [-0.2, 0) is 11.3 Å². The lowest BCUT2D eigenvalue weighted by Crippen LogP contribution is -2.50. The van der Waals surface area contributed by atoms with Crippen LogP contribution in [0.15, 0.2) is 17.2 Å². The topological polar surface area (TPSA) is 87.5 Å². The van der Waals surface area contributed by atoms with Crippen molar-refractivity contribution in [1.29, 1.82) is 0 Å². The Morgan fingerprint density at radius 2 is 1.67 bits per heavy atom. The third-order valence-corrected chi connectivity index (χ3v) is 5.99. The van der Waals surface area contributed by atoms with Gasteiger partial charge in [0.2, 0.25) is 11.9 Å². The van der Waals surface area contributed by atoms with Crippen LogP contribution < -0.4 is 15.4 Å². The Kier molecular flexibility index (Phi) is 5.69. The van der Waals surface area contributed by atoms with Crippen molar-refractivity contribution >= 4 is 17.7 Å². The third-order valence-electron chi connectivity index (χ3n) is 5.99. The first-order valence-corrected chi connectivity index (χ1v) is 10.6. The molecule has 0 aromatic carbocycles. The highest BCUT2D eigenvalue weighted by atomic mass is 16.2. The van der Waals surface area contributed by atoms with Gasteiger partial charge in [0.1, 0.15) is 12.4 Å². The minimum absolute atomic E-state index is 0.0265. The summed E-state index contributed by atoms with van der Waals surface area (Å²) in [6.07, 6.45) is 3.83. The highest BCUT2D eigenvalue weighted by Crippen LogP contribution is 2.21. The third kappa shape index (κ3) is 4.15. The van der Waals surface area contributed by atoms with E-state index in [1.54, 1.807) is 13.8 Å². The Morgan fingerprint density at radius 3 is 2.37 bits per heavy atom. The summed E-state index contributed by atoms with van der Waals surface area (Å²) in [4.78, 5) is 44.9. The van der Waals surface area contributed by atoms with Gasteiger partial charge in [0, 0.05) is 62.3 Å². The molecule has 9 nitrogen and oxygen atoms in total. The SMILES string of the molecule is Cc1cc(N2CCN(C(=O)Cn3cnc(C)c(C)c3=O)CC2)nc(N2CCCC2)n1. The number of hydrogen-bond acceptors (Lipinski definition) is 7. The Bertz CT molecular complexity index is 989. The Morgan fingerprint density at radius 1 is 0.967 bits per heavy atom. The number of nitrogens with zero attached hydrogens (tertiary/aromatic N) is 7. The van der Waals surface area contributed by atoms with E-state index in [0.717, 1.165) is 30.5 Å². The molecular formula is C21H29N7O2. The molecule has 0 bridgehead atoms. The Balaban J connectivity index is 1.40. The van der Waals surface area contributed by atoms with Crippen molar-refractivity contribution in [3.05, 3.63) is 39.7 Å². The van der Waals surface area contributed by atoms with Crippen LogP contribution >= 0.6 is 0 Å². The summed E-state index contributed by atoms with van der Waals surface area (Å²) in [6.45, 7) is 10.2. The summed E-state index contributed by atoms with van der Waals surface area (Å²) in [6, 6.07) is 2.01. The average molecular weight is 412 g/mol. The first kappa shape index (κ1) is 20.3. The molecule has 0 aliphatic carbocycles. The molecule has 2 saturated heterocycles. The molecule has 0 radical (unpaired) electrons. The Hall–Kier alpha value is -2.97. The van der Waals surface area contributed by atoms with Gasteiger partial charge in [0.25, 0.3) is 5.56 Å². The van der Waals surface area contributed by atoms with Crippen molar-refractivity contribution in [2.24, 2.45) is 0 Å². The van der Waals surface area contributed by atoms with Crippen LogP contribution in [0, 0.1) is 20.8 Å². The van der Waals surface area contributed by atoms with Gasteiger partial charge in [0.05, 0.1) is 6.33 Å². The minimum atomic E-state index is -0.152. The van der Waals surface area contributed by atoms with Crippen LogP contribution in [0.1, 0.15) is 29.8 Å². The van der Waals surface area contributed by atoms with Crippen molar-refractivity contribution in [2.45, 2.75) is 40.2 Å². The van der Waals surface area contributed by atoms with Gasteiger partial charge in [-0.25, -0.2) is 9.97 Å². The first-order valence-electron chi connectivity index (χ1n) is 10.6. The molecule has 0 atom stereocenters. The number of aromatic nitrogens is 4. The summed E-state index contributed by atoms with van der Waals surface area (Å²) in [5.41, 5.74) is 2.09. The maximum atomic E-state index is 12.7. The molecule has 4 heterocycles. The molecule has 160 valence electrons. The predicted molar refractivity (Wildman–Crippen MR) is 115 cm³/mol. The number of carbonyl (C=O) groups excluding carboxylic acids is 1. The van der Waals surface area contributed by atoms with Crippen LogP contribution in [0.5, 0.6) is 0 Å². The zero-order chi connectivity index (χ0) is 21.3. The van der Waals surface area contributed by atoms with Crippen LogP contribution in [0.4, 0.5) is 11.8 Å². The van der Waals surface area contributed by atoms with E-state index in [4.69, 9.17) is 4.98 Å². The van der Waals surface area contributed by atoms with Crippen molar-refractivity contribution in [3.8, 4) is 0 Å². The lowest BCUT2D eigenvalue weighted by atomic mass is 10.2. The summed E-state index contributed by atoms with van der Waals surface area (Å²) >= 11 is 0. The molecular weight excluding hydrogens is 382 g/mol. The van der Waals surface area contributed by atoms with E-state index >= 15 is 0 Å². The molecule has 0 saturated carbocycles. The fourth-order valence-corrected chi connectivity index (χ4v) is 3.98. The molecule has 1 amide bonds. The average Bonchev–Trinajstić information content (AvgIpc) is 3.29. The molecule has 2 aromatic heterocycles. The molecule has 2 aromatic rings. The fourth-order valence-electron chi connectivity index (χ4n) is 3.98. The molecule has 30 heavy (non-hydrogen) atoms. The monoisotopic (exact) mass is 411 g/mol. The largest absolute Gasteiger partial charge is 0.353 e. The number of anilines is 2. The number of hydrogen-bond donors (Lipinski definition) is 0. The Labute approximate surface area is 176 Å². The summed E-state index contributed by atoms with van der Waals surface area (Å²) in [5.74, 6) is 1.67. The highest BCUT2D eigenvalue weighted by Gasteiger charge is 2.24. The molecule has 0 unspecified atom stereocenters. The van der Waals surface area contributed by atoms with Crippen molar-refractivity contribution < 1.29 is 4.79 Å². The lowest BCUT2D eigenvalue weighted by molar-refractivity contribution is -0.132. The van der Waals surface area contributed by atoms with E-state index in [-0.39, 0.29) is 18.0 Å². The maximum Gasteiger partial charge on any atom is 0.256 e. The second-order valence-electron chi connectivity index (χ2n) is 8.12. The molecule has 0 spiro atoms. The van der Waals surface area contributed by atoms with Gasteiger partial charge in [0.15, 0.2) is 0 Å². The lowest BCUT2D eigenvalue weighted by Gasteiger charge is -2.36. The number of aryl methyl sites for hydroxylation is 2. The molecule has 4 rings (SSSR count). The van der Waals surface area contributed by atoms with Crippen LogP contribution in [-0.4, -0.2) is 69.6 Å². The van der Waals surface area contributed by atoms with Crippen LogP contribution in [0.3, 0.4) is 0 Å². The van der Waals surface area contributed by atoms with Gasteiger partial charge in [-0.1, -0.05) is 0 Å². The molecule has 2 aliphatic heterocycles. The second kappa shape index (κ2) is 8.41. The molecule has 0 N–H and O–H groups in total. The van der Waals surface area contributed by atoms with Gasteiger partial charge in [-0.2, -0.15) is 4.98 Å². The van der Waals surface area contributed by atoms with Crippen LogP contribution in [0.25, 0.3) is 0 Å². The van der Waals surface area contributed by atoms with E-state index in [9.17, 15) is 9.59 Å². The van der Waals surface area contributed by atoms with Gasteiger partial charge >= 0.3 is 0 Å². The normalized spacial score (nSPS) is 17.0. The van der Waals surface area contributed by atoms with Crippen molar-refractivity contribution in [1.82, 2.24) is 24.4 Å². The summed E-state index contributed by atoms with van der Waals surface area (Å²) < 4.78 is 1.40. The summed E-state index contributed by atoms with van der Waals surface area (Å²) in [7, 11) is 0. The van der Waals surface area contributed by atoms with E-state index in [1.807, 2.05) is 17.9 Å².